The molecule has 0 radical (unpaired) electrons. The van der Waals surface area contributed by atoms with Crippen molar-refractivity contribution in [3.05, 3.63) is 11.7 Å². The summed E-state index contributed by atoms with van der Waals surface area (Å²) in [7, 11) is 0. The van der Waals surface area contributed by atoms with Crippen molar-refractivity contribution in [1.29, 1.82) is 0 Å². The topological polar surface area (TPSA) is 64.9 Å². The maximum Gasteiger partial charge on any atom is 0.378 e. The van der Waals surface area contributed by atoms with Gasteiger partial charge in [0.1, 0.15) is 0 Å². The second-order valence-electron chi connectivity index (χ2n) is 2.47. The Morgan fingerprint density at radius 3 is 2.69 bits per heavy atom. The van der Waals surface area contributed by atoms with Gasteiger partial charge in [0.25, 0.3) is 0 Å². The lowest BCUT2D eigenvalue weighted by molar-refractivity contribution is 0.0725. The lowest BCUT2D eigenvalue weighted by Crippen LogP contribution is -2.11. The van der Waals surface area contributed by atoms with Gasteiger partial charge in [-0.2, -0.15) is 13.8 Å². The molecule has 1 aromatic heterocycles. The lowest BCUT2D eigenvalue weighted by Gasteiger charge is -2.00. The van der Waals surface area contributed by atoms with Crippen LogP contribution >= 0.6 is 15.9 Å². The molecule has 0 aliphatic rings. The average Bonchev–Trinajstić information content (AvgIpc) is 2.50. The zero-order valence-corrected chi connectivity index (χ0v) is 8.38. The molecule has 0 saturated heterocycles. The molecule has 2 N–H and O–H groups in total. The maximum absolute atomic E-state index is 12.5. The Morgan fingerprint density at radius 1 is 1.69 bits per heavy atom. The third-order valence-electron chi connectivity index (χ3n) is 1.46. The van der Waals surface area contributed by atoms with Crippen LogP contribution in [0.25, 0.3) is 0 Å². The second-order valence-corrected chi connectivity index (χ2v) is 3.47. The molecule has 0 bridgehead atoms. The van der Waals surface area contributed by atoms with Gasteiger partial charge in [-0.15, -0.1) is 0 Å². The summed E-state index contributed by atoms with van der Waals surface area (Å²) in [6, 6.07) is -0.465. The van der Waals surface area contributed by atoms with Crippen LogP contribution in [0, 0.1) is 0 Å². The van der Waals surface area contributed by atoms with Crippen molar-refractivity contribution in [3.8, 4) is 0 Å². The minimum absolute atomic E-state index is 0.0941. The van der Waals surface area contributed by atoms with Gasteiger partial charge in [-0.3, -0.25) is 0 Å². The summed E-state index contributed by atoms with van der Waals surface area (Å²) < 4.78 is 29.3. The maximum atomic E-state index is 12.5. The average molecular weight is 256 g/mol. The van der Waals surface area contributed by atoms with Gasteiger partial charge in [0.05, 0.1) is 6.04 Å². The summed E-state index contributed by atoms with van der Waals surface area (Å²) in [5, 5.41) is 3.33. The van der Waals surface area contributed by atoms with Gasteiger partial charge in [-0.1, -0.05) is 12.1 Å². The number of nitrogens with two attached hydrogens (primary N) is 1. The van der Waals surface area contributed by atoms with E-state index in [2.05, 4.69) is 30.6 Å². The van der Waals surface area contributed by atoms with E-state index in [1.165, 1.54) is 0 Å². The molecule has 1 unspecified atom stereocenters. The van der Waals surface area contributed by atoms with E-state index in [9.17, 15) is 8.78 Å². The minimum Gasteiger partial charge on any atom is -0.331 e. The Hall–Kier alpha value is -0.560. The molecular formula is C6H8BrF2N3O. The van der Waals surface area contributed by atoms with E-state index < -0.39 is 16.8 Å². The SMILES string of the molecule is CCC(N)c1noc(C(F)(F)Br)n1. The molecule has 1 rings (SSSR count). The first-order chi connectivity index (χ1) is 5.95. The Bertz CT molecular complexity index is 286. The molecule has 1 heterocycles. The van der Waals surface area contributed by atoms with Gasteiger partial charge in [-0.05, 0) is 6.42 Å². The van der Waals surface area contributed by atoms with E-state index in [-0.39, 0.29) is 5.82 Å². The molecule has 0 spiro atoms. The summed E-state index contributed by atoms with van der Waals surface area (Å²) in [6.45, 7) is 1.80. The van der Waals surface area contributed by atoms with E-state index in [1.807, 2.05) is 0 Å². The van der Waals surface area contributed by atoms with Crippen molar-refractivity contribution in [3.63, 3.8) is 0 Å². The number of rotatable bonds is 3. The van der Waals surface area contributed by atoms with Crippen LogP contribution in [0.3, 0.4) is 0 Å². The highest BCUT2D eigenvalue weighted by atomic mass is 79.9. The van der Waals surface area contributed by atoms with Gasteiger partial charge in [0.15, 0.2) is 5.82 Å². The van der Waals surface area contributed by atoms with E-state index >= 15 is 0 Å². The van der Waals surface area contributed by atoms with Crippen LogP contribution in [-0.4, -0.2) is 10.1 Å². The summed E-state index contributed by atoms with van der Waals surface area (Å²) in [5.41, 5.74) is 5.51. The smallest absolute Gasteiger partial charge is 0.331 e. The molecular weight excluding hydrogens is 248 g/mol. The first kappa shape index (κ1) is 10.5. The first-order valence-electron chi connectivity index (χ1n) is 3.61. The molecule has 4 nitrogen and oxygen atoms in total. The fraction of sp³-hybridized carbons (Fsp3) is 0.667. The summed E-state index contributed by atoms with van der Waals surface area (Å²) in [4.78, 5) is 0.167. The van der Waals surface area contributed by atoms with Crippen LogP contribution in [0.1, 0.15) is 31.1 Å². The number of hydrogen-bond donors (Lipinski definition) is 1. The summed E-state index contributed by atoms with van der Waals surface area (Å²) in [5.74, 6) is -0.678. The Kier molecular flexibility index (Phi) is 2.97. The van der Waals surface area contributed by atoms with E-state index in [0.29, 0.717) is 6.42 Å². The third-order valence-corrected chi connectivity index (χ3v) is 1.79. The van der Waals surface area contributed by atoms with Crippen LogP contribution in [0.15, 0.2) is 4.52 Å². The molecule has 0 fully saturated rings. The Balaban J connectivity index is 2.87. The zero-order valence-electron chi connectivity index (χ0n) is 6.80. The molecule has 0 aromatic carbocycles. The second kappa shape index (κ2) is 3.67. The normalized spacial score (nSPS) is 14.5. The first-order valence-corrected chi connectivity index (χ1v) is 4.40. The Labute approximate surface area is 81.6 Å². The molecule has 1 atom stereocenters. The number of halogens is 3. The molecule has 0 amide bonds. The van der Waals surface area contributed by atoms with Crippen molar-refractivity contribution >= 4 is 15.9 Å². The van der Waals surface area contributed by atoms with E-state index in [4.69, 9.17) is 5.73 Å². The molecule has 7 heteroatoms. The van der Waals surface area contributed by atoms with Crippen molar-refractivity contribution in [1.82, 2.24) is 10.1 Å². The fourth-order valence-corrected chi connectivity index (χ4v) is 0.844. The van der Waals surface area contributed by atoms with Gasteiger partial charge in [0.2, 0.25) is 0 Å². The monoisotopic (exact) mass is 255 g/mol. The van der Waals surface area contributed by atoms with E-state index in [1.54, 1.807) is 6.92 Å². The Morgan fingerprint density at radius 2 is 2.31 bits per heavy atom. The molecule has 0 aliphatic heterocycles. The number of hydrogen-bond acceptors (Lipinski definition) is 4. The highest BCUT2D eigenvalue weighted by molar-refractivity contribution is 9.09. The van der Waals surface area contributed by atoms with Gasteiger partial charge in [-0.25, -0.2) is 0 Å². The fourth-order valence-electron chi connectivity index (χ4n) is 0.683. The van der Waals surface area contributed by atoms with Gasteiger partial charge < -0.3 is 10.3 Å². The van der Waals surface area contributed by atoms with Crippen molar-refractivity contribution < 1.29 is 13.3 Å². The number of nitrogens with zero attached hydrogens (tertiary/aromatic N) is 2. The van der Waals surface area contributed by atoms with Gasteiger partial charge in [0, 0.05) is 15.9 Å². The van der Waals surface area contributed by atoms with Crippen molar-refractivity contribution in [2.75, 3.05) is 0 Å². The zero-order chi connectivity index (χ0) is 10.1. The van der Waals surface area contributed by atoms with Crippen LogP contribution in [-0.2, 0) is 4.83 Å². The van der Waals surface area contributed by atoms with Crippen LogP contribution < -0.4 is 5.73 Å². The highest BCUT2D eigenvalue weighted by Crippen LogP contribution is 2.33. The lowest BCUT2D eigenvalue weighted by atomic mass is 10.2. The molecule has 13 heavy (non-hydrogen) atoms. The predicted octanol–water partition coefficient (Wildman–Crippen LogP) is 1.92. The standard InChI is InChI=1S/C6H8BrF2N3O/c1-2-3(10)4-11-5(13-12-4)6(7,8)9/h3H,2,10H2,1H3. The molecule has 0 saturated carbocycles. The van der Waals surface area contributed by atoms with E-state index in [0.717, 1.165) is 0 Å². The van der Waals surface area contributed by atoms with Gasteiger partial charge >= 0.3 is 10.7 Å². The van der Waals surface area contributed by atoms with Crippen LogP contribution in [0.2, 0.25) is 0 Å². The highest BCUT2D eigenvalue weighted by Gasteiger charge is 2.35. The quantitative estimate of drug-likeness (QED) is 0.839. The van der Waals surface area contributed by atoms with Crippen LogP contribution in [0.5, 0.6) is 0 Å². The molecule has 0 aliphatic carbocycles. The van der Waals surface area contributed by atoms with Crippen molar-refractivity contribution in [2.24, 2.45) is 5.73 Å². The largest absolute Gasteiger partial charge is 0.378 e. The summed E-state index contributed by atoms with van der Waals surface area (Å²) in [6.07, 6.45) is 0.562. The number of alkyl halides is 3. The molecule has 74 valence electrons. The van der Waals surface area contributed by atoms with Crippen molar-refractivity contribution in [2.45, 2.75) is 24.2 Å². The summed E-state index contributed by atoms with van der Waals surface area (Å²) >= 11 is 2.10. The molecule has 1 aromatic rings. The minimum atomic E-state index is -3.29. The third kappa shape index (κ3) is 2.44. The van der Waals surface area contributed by atoms with Crippen LogP contribution in [0.4, 0.5) is 8.78 Å². The number of aromatic nitrogens is 2. The predicted molar refractivity (Wildman–Crippen MR) is 44.3 cm³/mol.